The van der Waals surface area contributed by atoms with Gasteiger partial charge in [0.25, 0.3) is 0 Å². The number of alkyl halides is 1. The summed E-state index contributed by atoms with van der Waals surface area (Å²) in [6.45, 7) is 0. The number of Topliss-reactive ketones (excluding diaryl/α,β-unsaturated/α-hetero) is 2. The zero-order chi connectivity index (χ0) is 13.3. The summed E-state index contributed by atoms with van der Waals surface area (Å²) in [7, 11) is 1.71. The number of ketones is 2. The molecule has 0 bridgehead atoms. The lowest BCUT2D eigenvalue weighted by atomic mass is 9.97. The van der Waals surface area contributed by atoms with Gasteiger partial charge in [0.05, 0.1) is 5.33 Å². The molecule has 1 aliphatic rings. The van der Waals surface area contributed by atoms with E-state index in [0.29, 0.717) is 18.4 Å². The normalized spacial score (nSPS) is 14.3. The maximum Gasteiger partial charge on any atom is 0.229 e. The molecule has 0 unspecified atom stereocenters. The lowest BCUT2D eigenvalue weighted by molar-refractivity contribution is -0.118. The molecule has 0 aromatic heterocycles. The van der Waals surface area contributed by atoms with E-state index in [9.17, 15) is 14.4 Å². The van der Waals surface area contributed by atoms with Crippen LogP contribution in [0.1, 0.15) is 22.3 Å². The molecule has 94 valence electrons. The average Bonchev–Trinajstić information content (AvgIpc) is 2.41. The number of hydrogen-bond donors (Lipinski definition) is 0. The van der Waals surface area contributed by atoms with Gasteiger partial charge in [0.2, 0.25) is 17.5 Å². The van der Waals surface area contributed by atoms with Crippen molar-refractivity contribution in [1.82, 2.24) is 0 Å². The van der Waals surface area contributed by atoms with E-state index in [0.717, 1.165) is 11.3 Å². The van der Waals surface area contributed by atoms with E-state index in [-0.39, 0.29) is 11.2 Å². The Morgan fingerprint density at radius 2 is 2.06 bits per heavy atom. The largest absolute Gasteiger partial charge is 0.315 e. The van der Waals surface area contributed by atoms with Crippen molar-refractivity contribution in [3.05, 3.63) is 29.3 Å². The second-order valence-electron chi connectivity index (χ2n) is 4.18. The third kappa shape index (κ3) is 2.22. The van der Waals surface area contributed by atoms with Gasteiger partial charge in [-0.05, 0) is 30.2 Å². The van der Waals surface area contributed by atoms with Crippen LogP contribution in [0, 0.1) is 0 Å². The van der Waals surface area contributed by atoms with Crippen LogP contribution in [0.25, 0.3) is 0 Å². The highest BCUT2D eigenvalue weighted by Gasteiger charge is 2.23. The fourth-order valence-electron chi connectivity index (χ4n) is 2.02. The third-order valence-electron chi connectivity index (χ3n) is 3.06. The molecule has 1 heterocycles. The summed E-state index contributed by atoms with van der Waals surface area (Å²) in [6.07, 6.45) is 1.05. The van der Waals surface area contributed by atoms with Crippen molar-refractivity contribution in [2.24, 2.45) is 0 Å². The van der Waals surface area contributed by atoms with Gasteiger partial charge >= 0.3 is 0 Å². The molecule has 5 heteroatoms. The molecule has 0 saturated carbocycles. The molecule has 1 amide bonds. The summed E-state index contributed by atoms with van der Waals surface area (Å²) >= 11 is 2.98. The standard InChI is InChI=1S/C13H12BrNO3/c1-15-10-4-2-9(13(18)11(16)7-14)6-8(10)3-5-12(15)17/h2,4,6H,3,5,7H2,1H3. The Kier molecular flexibility index (Phi) is 3.61. The molecule has 2 rings (SSSR count). The van der Waals surface area contributed by atoms with Crippen molar-refractivity contribution in [2.45, 2.75) is 12.8 Å². The van der Waals surface area contributed by atoms with Gasteiger partial charge in [-0.1, -0.05) is 15.9 Å². The second kappa shape index (κ2) is 5.02. The number of benzene rings is 1. The highest BCUT2D eigenvalue weighted by molar-refractivity contribution is 9.09. The maximum absolute atomic E-state index is 11.7. The predicted molar refractivity (Wildman–Crippen MR) is 71.3 cm³/mol. The number of nitrogens with zero attached hydrogens (tertiary/aromatic N) is 1. The van der Waals surface area contributed by atoms with Crippen LogP contribution >= 0.6 is 15.9 Å². The number of aryl methyl sites for hydroxylation is 1. The van der Waals surface area contributed by atoms with Crippen LogP contribution in [0.15, 0.2) is 18.2 Å². The van der Waals surface area contributed by atoms with E-state index in [1.54, 1.807) is 30.1 Å². The summed E-state index contributed by atoms with van der Waals surface area (Å²) < 4.78 is 0. The molecule has 0 aliphatic carbocycles. The van der Waals surface area contributed by atoms with E-state index in [1.807, 2.05) is 0 Å². The Morgan fingerprint density at radius 1 is 1.33 bits per heavy atom. The fraction of sp³-hybridized carbons (Fsp3) is 0.308. The molecule has 1 aromatic rings. The number of carbonyl (C=O) groups is 3. The van der Waals surface area contributed by atoms with Gasteiger partial charge in [0, 0.05) is 24.7 Å². The SMILES string of the molecule is CN1C(=O)CCc2cc(C(=O)C(=O)CBr)ccc21. The molecular formula is C13H12BrNO3. The maximum atomic E-state index is 11.7. The predicted octanol–water partition coefficient (Wildman–Crippen LogP) is 1.74. The monoisotopic (exact) mass is 309 g/mol. The average molecular weight is 310 g/mol. The van der Waals surface area contributed by atoms with E-state index < -0.39 is 11.6 Å². The van der Waals surface area contributed by atoms with Gasteiger partial charge in [0.1, 0.15) is 0 Å². The third-order valence-corrected chi connectivity index (χ3v) is 3.57. The zero-order valence-electron chi connectivity index (χ0n) is 9.90. The van der Waals surface area contributed by atoms with E-state index in [4.69, 9.17) is 0 Å². The van der Waals surface area contributed by atoms with E-state index in [1.165, 1.54) is 0 Å². The number of hydrogen-bond acceptors (Lipinski definition) is 3. The summed E-state index contributed by atoms with van der Waals surface area (Å²) in [6, 6.07) is 5.03. The van der Waals surface area contributed by atoms with Crippen molar-refractivity contribution < 1.29 is 14.4 Å². The van der Waals surface area contributed by atoms with Gasteiger partial charge in [-0.2, -0.15) is 0 Å². The van der Waals surface area contributed by atoms with E-state index in [2.05, 4.69) is 15.9 Å². The van der Waals surface area contributed by atoms with Gasteiger partial charge in [-0.25, -0.2) is 0 Å². The Hall–Kier alpha value is -1.49. The highest BCUT2D eigenvalue weighted by atomic mass is 79.9. The van der Waals surface area contributed by atoms with Crippen LogP contribution in [-0.2, 0) is 16.0 Å². The van der Waals surface area contributed by atoms with Crippen molar-refractivity contribution in [3.63, 3.8) is 0 Å². The van der Waals surface area contributed by atoms with Gasteiger partial charge in [-0.15, -0.1) is 0 Å². The minimum Gasteiger partial charge on any atom is -0.315 e. The molecule has 0 saturated heterocycles. The summed E-state index contributed by atoms with van der Waals surface area (Å²) in [5.74, 6) is -0.887. The van der Waals surface area contributed by atoms with Crippen molar-refractivity contribution in [2.75, 3.05) is 17.3 Å². The molecule has 0 radical (unpaired) electrons. The Balaban J connectivity index is 2.37. The topological polar surface area (TPSA) is 54.5 Å². The Morgan fingerprint density at radius 3 is 2.72 bits per heavy atom. The Bertz CT molecular complexity index is 539. The molecular weight excluding hydrogens is 298 g/mol. The lowest BCUT2D eigenvalue weighted by Crippen LogP contribution is -2.31. The lowest BCUT2D eigenvalue weighted by Gasteiger charge is -2.25. The molecule has 18 heavy (non-hydrogen) atoms. The molecule has 0 spiro atoms. The number of rotatable bonds is 3. The molecule has 0 N–H and O–H groups in total. The molecule has 4 nitrogen and oxygen atoms in total. The smallest absolute Gasteiger partial charge is 0.229 e. The van der Waals surface area contributed by atoms with Crippen LogP contribution in [0.5, 0.6) is 0 Å². The number of carbonyl (C=O) groups excluding carboxylic acids is 3. The van der Waals surface area contributed by atoms with Gasteiger partial charge in [-0.3, -0.25) is 14.4 Å². The number of amides is 1. The Labute approximate surface area is 113 Å². The first-order valence-electron chi connectivity index (χ1n) is 5.57. The fourth-order valence-corrected chi connectivity index (χ4v) is 2.27. The first-order chi connectivity index (χ1) is 8.54. The van der Waals surface area contributed by atoms with Crippen LogP contribution < -0.4 is 4.90 Å². The summed E-state index contributed by atoms with van der Waals surface area (Å²) in [4.78, 5) is 36.2. The zero-order valence-corrected chi connectivity index (χ0v) is 11.5. The van der Waals surface area contributed by atoms with Crippen molar-refractivity contribution in [1.29, 1.82) is 0 Å². The van der Waals surface area contributed by atoms with Crippen LogP contribution in [-0.4, -0.2) is 29.9 Å². The summed E-state index contributed by atoms with van der Waals surface area (Å²) in [5.41, 5.74) is 2.14. The highest BCUT2D eigenvalue weighted by Crippen LogP contribution is 2.27. The molecule has 1 aromatic carbocycles. The van der Waals surface area contributed by atoms with Crippen molar-refractivity contribution >= 4 is 39.1 Å². The first kappa shape index (κ1) is 13.0. The van der Waals surface area contributed by atoms with Crippen LogP contribution in [0.3, 0.4) is 0 Å². The minimum absolute atomic E-state index is 0.0291. The molecule has 0 atom stereocenters. The van der Waals surface area contributed by atoms with E-state index >= 15 is 0 Å². The number of anilines is 1. The van der Waals surface area contributed by atoms with Gasteiger partial charge < -0.3 is 4.90 Å². The van der Waals surface area contributed by atoms with Crippen molar-refractivity contribution in [3.8, 4) is 0 Å². The molecule has 0 fully saturated rings. The minimum atomic E-state index is -0.491. The second-order valence-corrected chi connectivity index (χ2v) is 4.74. The van der Waals surface area contributed by atoms with Gasteiger partial charge in [0.15, 0.2) is 0 Å². The summed E-state index contributed by atoms with van der Waals surface area (Å²) in [5, 5.41) is 0.0291. The molecule has 1 aliphatic heterocycles. The number of fused-ring (bicyclic) bond motifs is 1. The number of halogens is 1. The first-order valence-corrected chi connectivity index (χ1v) is 6.69. The van der Waals surface area contributed by atoms with Crippen LogP contribution in [0.2, 0.25) is 0 Å². The van der Waals surface area contributed by atoms with Crippen LogP contribution in [0.4, 0.5) is 5.69 Å². The quantitative estimate of drug-likeness (QED) is 0.485.